The van der Waals surface area contributed by atoms with Crippen molar-refractivity contribution in [3.63, 3.8) is 0 Å². The third-order valence-corrected chi connectivity index (χ3v) is 5.95. The fourth-order valence-corrected chi connectivity index (χ4v) is 4.50. The highest BCUT2D eigenvalue weighted by atomic mass is 16.5. The molecule has 0 amide bonds. The van der Waals surface area contributed by atoms with E-state index in [1.165, 1.54) is 24.7 Å². The molecule has 2 aliphatic rings. The smallest absolute Gasteiger partial charge is 0.310 e. The predicted molar refractivity (Wildman–Crippen MR) is 92.6 cm³/mol. The molecule has 4 atom stereocenters. The lowest BCUT2D eigenvalue weighted by Gasteiger charge is -2.41. The Morgan fingerprint density at radius 3 is 2.39 bits per heavy atom. The molecule has 2 unspecified atom stereocenters. The lowest BCUT2D eigenvalue weighted by molar-refractivity contribution is -0.150. The largest absolute Gasteiger partial charge is 0.469 e. The summed E-state index contributed by atoms with van der Waals surface area (Å²) in [5.74, 6) is 0.196. The number of hydrogen-bond acceptors (Lipinski definition) is 3. The zero-order valence-electron chi connectivity index (χ0n) is 15.0. The quantitative estimate of drug-likeness (QED) is 0.779. The summed E-state index contributed by atoms with van der Waals surface area (Å²) >= 11 is 0. The van der Waals surface area contributed by atoms with Gasteiger partial charge in [0.15, 0.2) is 0 Å². The number of ether oxygens (including phenoxy) is 1. The molecular weight excluding hydrogens is 286 g/mol. The highest BCUT2D eigenvalue weighted by molar-refractivity contribution is 5.75. The van der Waals surface area contributed by atoms with Crippen LogP contribution < -0.4 is 0 Å². The zero-order chi connectivity index (χ0) is 16.8. The van der Waals surface area contributed by atoms with Crippen LogP contribution in [-0.2, 0) is 14.9 Å². The molecule has 2 heterocycles. The Morgan fingerprint density at radius 2 is 1.83 bits per heavy atom. The number of piperidine rings is 1. The van der Waals surface area contributed by atoms with E-state index in [1.54, 1.807) is 0 Å². The highest BCUT2D eigenvalue weighted by Gasteiger charge is 2.49. The van der Waals surface area contributed by atoms with Crippen LogP contribution in [0.2, 0.25) is 0 Å². The van der Waals surface area contributed by atoms with Crippen molar-refractivity contribution < 1.29 is 9.53 Å². The summed E-state index contributed by atoms with van der Waals surface area (Å²) in [5.41, 5.74) is 2.79. The van der Waals surface area contributed by atoms with Gasteiger partial charge in [-0.3, -0.25) is 9.69 Å². The topological polar surface area (TPSA) is 29.5 Å². The van der Waals surface area contributed by atoms with E-state index in [2.05, 4.69) is 57.0 Å². The standard InChI is InChI=1S/C20H29NO2/c1-20(2,3)14-8-6-13(7-9-14)16-12-15-10-11-17(21(15)4)18(16)19(22)23-5/h6-9,15-18H,10-12H2,1-5H3/t15-,16?,17?,18+/m1/s1. The Morgan fingerprint density at radius 1 is 1.17 bits per heavy atom. The van der Waals surface area contributed by atoms with Gasteiger partial charge in [0.2, 0.25) is 0 Å². The third-order valence-electron chi connectivity index (χ3n) is 5.95. The molecule has 126 valence electrons. The van der Waals surface area contributed by atoms with Crippen LogP contribution in [0.4, 0.5) is 0 Å². The van der Waals surface area contributed by atoms with Gasteiger partial charge in [0.05, 0.1) is 13.0 Å². The molecule has 2 saturated heterocycles. The van der Waals surface area contributed by atoms with E-state index < -0.39 is 0 Å². The molecule has 2 fully saturated rings. The van der Waals surface area contributed by atoms with Crippen LogP contribution in [0, 0.1) is 5.92 Å². The van der Waals surface area contributed by atoms with Gasteiger partial charge in [0, 0.05) is 18.0 Å². The van der Waals surface area contributed by atoms with E-state index in [9.17, 15) is 4.79 Å². The minimum Gasteiger partial charge on any atom is -0.469 e. The molecule has 0 aromatic heterocycles. The molecule has 3 heteroatoms. The summed E-state index contributed by atoms with van der Waals surface area (Å²) in [6.07, 6.45) is 3.37. The van der Waals surface area contributed by atoms with E-state index >= 15 is 0 Å². The van der Waals surface area contributed by atoms with Gasteiger partial charge in [0.1, 0.15) is 0 Å². The fraction of sp³-hybridized carbons (Fsp3) is 0.650. The van der Waals surface area contributed by atoms with Crippen molar-refractivity contribution in [2.75, 3.05) is 14.2 Å². The van der Waals surface area contributed by atoms with Gasteiger partial charge in [0.25, 0.3) is 0 Å². The zero-order valence-corrected chi connectivity index (χ0v) is 15.0. The Balaban J connectivity index is 1.92. The van der Waals surface area contributed by atoms with Gasteiger partial charge >= 0.3 is 5.97 Å². The second-order valence-corrected chi connectivity index (χ2v) is 8.23. The average Bonchev–Trinajstić information content (AvgIpc) is 2.75. The second kappa shape index (κ2) is 5.94. The lowest BCUT2D eigenvalue weighted by atomic mass is 9.75. The third kappa shape index (κ3) is 2.91. The van der Waals surface area contributed by atoms with Crippen molar-refractivity contribution in [1.29, 1.82) is 0 Å². The highest BCUT2D eigenvalue weighted by Crippen LogP contribution is 2.46. The fourth-order valence-electron chi connectivity index (χ4n) is 4.50. The molecule has 0 N–H and O–H groups in total. The number of nitrogens with zero attached hydrogens (tertiary/aromatic N) is 1. The summed E-state index contributed by atoms with van der Waals surface area (Å²) in [4.78, 5) is 14.9. The number of carbonyl (C=O) groups excluding carboxylic acids is 1. The van der Waals surface area contributed by atoms with Crippen molar-refractivity contribution in [2.45, 2.75) is 63.5 Å². The Kier molecular flexibility index (Phi) is 4.26. The predicted octanol–water partition coefficient (Wildman–Crippen LogP) is 3.72. The number of methoxy groups -OCH3 is 1. The Labute approximate surface area is 140 Å². The van der Waals surface area contributed by atoms with Crippen LogP contribution >= 0.6 is 0 Å². The van der Waals surface area contributed by atoms with Crippen LogP contribution in [0.25, 0.3) is 0 Å². The van der Waals surface area contributed by atoms with Crippen LogP contribution in [0.1, 0.15) is 57.1 Å². The number of fused-ring (bicyclic) bond motifs is 2. The molecule has 0 aliphatic carbocycles. The van der Waals surface area contributed by atoms with Gasteiger partial charge in [-0.2, -0.15) is 0 Å². The molecular formula is C20H29NO2. The first-order valence-electron chi connectivity index (χ1n) is 8.73. The van der Waals surface area contributed by atoms with E-state index in [1.807, 2.05) is 0 Å². The minimum atomic E-state index is -0.0490. The van der Waals surface area contributed by atoms with Crippen LogP contribution in [0.15, 0.2) is 24.3 Å². The van der Waals surface area contributed by atoms with Crippen molar-refractivity contribution in [3.05, 3.63) is 35.4 Å². The maximum absolute atomic E-state index is 12.5. The van der Waals surface area contributed by atoms with Gasteiger partial charge < -0.3 is 4.74 Å². The molecule has 2 aliphatic heterocycles. The van der Waals surface area contributed by atoms with Crippen LogP contribution in [0.5, 0.6) is 0 Å². The number of benzene rings is 1. The Bertz CT molecular complexity index is 572. The van der Waals surface area contributed by atoms with Crippen LogP contribution in [-0.4, -0.2) is 37.1 Å². The van der Waals surface area contributed by atoms with Gasteiger partial charge in [-0.1, -0.05) is 45.0 Å². The maximum atomic E-state index is 12.5. The summed E-state index contributed by atoms with van der Waals surface area (Å²) in [6.45, 7) is 6.69. The number of carbonyl (C=O) groups is 1. The second-order valence-electron chi connectivity index (χ2n) is 8.23. The molecule has 0 saturated carbocycles. The molecule has 0 radical (unpaired) electrons. The molecule has 3 nitrogen and oxygen atoms in total. The first-order valence-corrected chi connectivity index (χ1v) is 8.73. The minimum absolute atomic E-state index is 0.0377. The van der Waals surface area contributed by atoms with Gasteiger partial charge in [-0.15, -0.1) is 0 Å². The summed E-state index contributed by atoms with van der Waals surface area (Å²) in [7, 11) is 3.68. The average molecular weight is 315 g/mol. The molecule has 1 aromatic rings. The molecule has 23 heavy (non-hydrogen) atoms. The molecule has 1 aromatic carbocycles. The van der Waals surface area contributed by atoms with E-state index in [0.717, 1.165) is 12.8 Å². The first-order chi connectivity index (χ1) is 10.8. The number of rotatable bonds is 2. The normalized spacial score (nSPS) is 31.2. The summed E-state index contributed by atoms with van der Waals surface area (Å²) in [5, 5.41) is 0. The van der Waals surface area contributed by atoms with Crippen molar-refractivity contribution in [3.8, 4) is 0 Å². The van der Waals surface area contributed by atoms with E-state index in [4.69, 9.17) is 4.74 Å². The SMILES string of the molecule is COC(=O)[C@H]1C(c2ccc(C(C)(C)C)cc2)C[C@H]2CCC1N2C. The molecule has 3 rings (SSSR count). The van der Waals surface area contributed by atoms with Crippen molar-refractivity contribution in [1.82, 2.24) is 4.90 Å². The molecule has 0 spiro atoms. The van der Waals surface area contributed by atoms with Gasteiger partial charge in [-0.25, -0.2) is 0 Å². The lowest BCUT2D eigenvalue weighted by Crippen LogP contribution is -2.49. The summed E-state index contributed by atoms with van der Waals surface area (Å²) < 4.78 is 5.15. The van der Waals surface area contributed by atoms with Crippen molar-refractivity contribution >= 4 is 5.97 Å². The monoisotopic (exact) mass is 315 g/mol. The van der Waals surface area contributed by atoms with E-state index in [-0.39, 0.29) is 23.2 Å². The first kappa shape index (κ1) is 16.5. The maximum Gasteiger partial charge on any atom is 0.310 e. The van der Waals surface area contributed by atoms with Gasteiger partial charge in [-0.05, 0) is 42.9 Å². The summed E-state index contributed by atoms with van der Waals surface area (Å²) in [6, 6.07) is 9.84. The number of hydrogen-bond donors (Lipinski definition) is 0. The van der Waals surface area contributed by atoms with Crippen LogP contribution in [0.3, 0.4) is 0 Å². The molecule has 2 bridgehead atoms. The van der Waals surface area contributed by atoms with Crippen molar-refractivity contribution in [2.24, 2.45) is 5.92 Å². The number of esters is 1. The Hall–Kier alpha value is -1.35. The van der Waals surface area contributed by atoms with E-state index in [0.29, 0.717) is 12.1 Å².